The number of methoxy groups -OCH3 is 1. The fourth-order valence-corrected chi connectivity index (χ4v) is 2.44. The van der Waals surface area contributed by atoms with Crippen LogP contribution in [0.15, 0.2) is 47.6 Å². The van der Waals surface area contributed by atoms with Crippen molar-refractivity contribution in [2.45, 2.75) is 39.3 Å². The van der Waals surface area contributed by atoms with Crippen molar-refractivity contribution in [2.75, 3.05) is 7.11 Å². The van der Waals surface area contributed by atoms with E-state index >= 15 is 0 Å². The summed E-state index contributed by atoms with van der Waals surface area (Å²) in [5, 5.41) is 2.45. The highest BCUT2D eigenvalue weighted by Gasteiger charge is 2.17. The van der Waals surface area contributed by atoms with E-state index in [-0.39, 0.29) is 24.8 Å². The lowest BCUT2D eigenvalue weighted by Gasteiger charge is -2.19. The predicted molar refractivity (Wildman–Crippen MR) is 112 cm³/mol. The molecule has 1 heterocycles. The Morgan fingerprint density at radius 3 is 2.53 bits per heavy atom. The smallest absolute Gasteiger partial charge is 0.415 e. The van der Waals surface area contributed by atoms with Crippen LogP contribution in [0.5, 0.6) is 0 Å². The Balaban J connectivity index is 2.01. The zero-order valence-electron chi connectivity index (χ0n) is 17.4. The van der Waals surface area contributed by atoms with Crippen LogP contribution in [0.25, 0.3) is 4.85 Å². The lowest BCUT2D eigenvalue weighted by atomic mass is 10.0. The Hall–Kier alpha value is -3.73. The van der Waals surface area contributed by atoms with E-state index in [2.05, 4.69) is 20.1 Å². The van der Waals surface area contributed by atoms with E-state index in [0.29, 0.717) is 11.4 Å². The first-order chi connectivity index (χ1) is 14.2. The molecule has 0 aliphatic carbocycles. The summed E-state index contributed by atoms with van der Waals surface area (Å²) in [4.78, 5) is 35.8. The van der Waals surface area contributed by atoms with Gasteiger partial charge < -0.3 is 9.47 Å². The molecule has 156 valence electrons. The number of aliphatic imine (C=N–C) groups is 1. The minimum Gasteiger partial charge on any atom is -0.468 e. The van der Waals surface area contributed by atoms with Crippen LogP contribution in [0, 0.1) is 6.57 Å². The summed E-state index contributed by atoms with van der Waals surface area (Å²) in [7, 11) is 1.40. The van der Waals surface area contributed by atoms with Gasteiger partial charge in [0, 0.05) is 12.6 Å². The number of hydrogen-bond donors (Lipinski definition) is 1. The molecular formula is C22H24N4O4. The minimum atomic E-state index is -0.654. The van der Waals surface area contributed by atoms with Crippen LogP contribution in [-0.2, 0) is 22.4 Å². The monoisotopic (exact) mass is 408 g/mol. The second-order valence-corrected chi connectivity index (χ2v) is 7.39. The highest BCUT2D eigenvalue weighted by molar-refractivity contribution is 5.96. The van der Waals surface area contributed by atoms with Crippen molar-refractivity contribution in [3.05, 3.63) is 70.8 Å². The van der Waals surface area contributed by atoms with Gasteiger partial charge >= 0.3 is 6.09 Å². The first-order valence-corrected chi connectivity index (χ1v) is 9.23. The quantitative estimate of drug-likeness (QED) is 0.348. The lowest BCUT2D eigenvalue weighted by molar-refractivity contribution is 0.0551. The molecule has 0 aliphatic heterocycles. The van der Waals surface area contributed by atoms with E-state index in [1.807, 2.05) is 24.3 Å². The number of ether oxygens (including phenoxy) is 2. The van der Waals surface area contributed by atoms with E-state index in [4.69, 9.17) is 16.0 Å². The van der Waals surface area contributed by atoms with Gasteiger partial charge in [0.15, 0.2) is 5.78 Å². The van der Waals surface area contributed by atoms with Crippen molar-refractivity contribution in [3.63, 3.8) is 0 Å². The number of alkyl carbamates (subject to hydrolysis) is 1. The number of benzene rings is 1. The molecule has 2 rings (SSSR count). The van der Waals surface area contributed by atoms with Gasteiger partial charge in [-0.25, -0.2) is 19.9 Å². The van der Waals surface area contributed by atoms with Crippen LogP contribution >= 0.6 is 0 Å². The van der Waals surface area contributed by atoms with Gasteiger partial charge in [-0.3, -0.25) is 9.78 Å². The van der Waals surface area contributed by atoms with Gasteiger partial charge in [0.25, 0.3) is 6.02 Å². The highest BCUT2D eigenvalue weighted by atomic mass is 16.6. The molecule has 2 aromatic rings. The van der Waals surface area contributed by atoms with Gasteiger partial charge in [0.05, 0.1) is 20.2 Å². The number of amidine groups is 1. The molecule has 0 fully saturated rings. The van der Waals surface area contributed by atoms with Crippen LogP contribution in [0.4, 0.5) is 10.5 Å². The number of carbonyl (C=O) groups is 2. The summed E-state index contributed by atoms with van der Waals surface area (Å²) in [6, 6.07) is 10.6. The van der Waals surface area contributed by atoms with Crippen molar-refractivity contribution < 1.29 is 19.1 Å². The molecule has 1 amide bonds. The fourth-order valence-electron chi connectivity index (χ4n) is 2.44. The van der Waals surface area contributed by atoms with Gasteiger partial charge in [0.2, 0.25) is 5.69 Å². The van der Waals surface area contributed by atoms with E-state index in [0.717, 1.165) is 11.1 Å². The molecule has 1 aromatic carbocycles. The lowest BCUT2D eigenvalue weighted by Crippen LogP contribution is -2.37. The van der Waals surface area contributed by atoms with Crippen molar-refractivity contribution >= 4 is 23.6 Å². The number of rotatable bonds is 5. The van der Waals surface area contributed by atoms with Gasteiger partial charge in [-0.1, -0.05) is 30.3 Å². The standard InChI is InChI=1S/C22H24N4O4/c1-22(2,3)30-21(28)26-20(29-5)25-13-16-8-6-7-15(11-16)12-19(27)18-10-9-17(23-4)14-24-18/h6-11,14H,12-13H2,1-3,5H3,(H,25,26,28). The molecular weight excluding hydrogens is 384 g/mol. The second-order valence-electron chi connectivity index (χ2n) is 7.39. The third-order valence-corrected chi connectivity index (χ3v) is 3.73. The van der Waals surface area contributed by atoms with Gasteiger partial charge in [0.1, 0.15) is 11.3 Å². The van der Waals surface area contributed by atoms with Crippen LogP contribution in [0.1, 0.15) is 42.4 Å². The van der Waals surface area contributed by atoms with Crippen LogP contribution in [0.2, 0.25) is 0 Å². The van der Waals surface area contributed by atoms with Crippen molar-refractivity contribution in [1.82, 2.24) is 10.3 Å². The maximum Gasteiger partial charge on any atom is 0.415 e. The summed E-state index contributed by atoms with van der Waals surface area (Å²) in [5.74, 6) is -0.142. The van der Waals surface area contributed by atoms with E-state index < -0.39 is 11.7 Å². The summed E-state index contributed by atoms with van der Waals surface area (Å²) in [5.41, 5.74) is 1.73. The number of nitrogens with zero attached hydrogens (tertiary/aromatic N) is 3. The number of hydrogen-bond acceptors (Lipinski definition) is 6. The molecule has 0 atom stereocenters. The summed E-state index contributed by atoms with van der Waals surface area (Å²) in [6.45, 7) is 12.5. The van der Waals surface area contributed by atoms with Crippen molar-refractivity contribution in [2.24, 2.45) is 4.99 Å². The zero-order valence-corrected chi connectivity index (χ0v) is 17.4. The Kier molecular flexibility index (Phi) is 7.64. The molecule has 1 N–H and O–H groups in total. The molecule has 0 unspecified atom stereocenters. The molecule has 0 bridgehead atoms. The topological polar surface area (TPSA) is 94.2 Å². The molecule has 0 aliphatic rings. The van der Waals surface area contributed by atoms with Crippen molar-refractivity contribution in [1.29, 1.82) is 0 Å². The average Bonchev–Trinajstić information content (AvgIpc) is 2.70. The van der Waals surface area contributed by atoms with E-state index in [1.165, 1.54) is 13.3 Å². The average molecular weight is 408 g/mol. The summed E-state index contributed by atoms with van der Waals surface area (Å²) >= 11 is 0. The van der Waals surface area contributed by atoms with Crippen molar-refractivity contribution in [3.8, 4) is 0 Å². The number of Topliss-reactive ketones (excluding diaryl/α,β-unsaturated/α-hetero) is 1. The van der Waals surface area contributed by atoms with Gasteiger partial charge in [-0.2, -0.15) is 0 Å². The normalized spacial score (nSPS) is 11.4. The molecule has 0 saturated carbocycles. The molecule has 0 radical (unpaired) electrons. The second kappa shape index (κ2) is 10.2. The molecule has 30 heavy (non-hydrogen) atoms. The van der Waals surface area contributed by atoms with Gasteiger partial charge in [-0.05, 0) is 38.0 Å². The predicted octanol–water partition coefficient (Wildman–Crippen LogP) is 4.08. The number of aromatic nitrogens is 1. The molecule has 1 aromatic heterocycles. The highest BCUT2D eigenvalue weighted by Crippen LogP contribution is 2.13. The first-order valence-electron chi connectivity index (χ1n) is 9.23. The maximum atomic E-state index is 12.4. The molecule has 8 heteroatoms. The minimum absolute atomic E-state index is 0.0369. The largest absolute Gasteiger partial charge is 0.468 e. The Bertz CT molecular complexity index is 970. The molecule has 0 spiro atoms. The number of carbonyl (C=O) groups excluding carboxylic acids is 2. The number of ketones is 1. The van der Waals surface area contributed by atoms with Crippen LogP contribution in [0.3, 0.4) is 0 Å². The zero-order chi connectivity index (χ0) is 22.1. The third kappa shape index (κ3) is 7.36. The first kappa shape index (κ1) is 22.6. The van der Waals surface area contributed by atoms with E-state index in [1.54, 1.807) is 32.9 Å². The number of pyridine rings is 1. The van der Waals surface area contributed by atoms with Gasteiger partial charge in [-0.15, -0.1) is 0 Å². The molecule has 8 nitrogen and oxygen atoms in total. The Morgan fingerprint density at radius 2 is 1.93 bits per heavy atom. The Labute approximate surface area is 175 Å². The van der Waals surface area contributed by atoms with E-state index in [9.17, 15) is 9.59 Å². The van der Waals surface area contributed by atoms with Crippen LogP contribution < -0.4 is 5.32 Å². The number of nitrogens with one attached hydrogen (secondary N) is 1. The summed E-state index contributed by atoms with van der Waals surface area (Å²) < 4.78 is 10.3. The maximum absolute atomic E-state index is 12.4. The fraction of sp³-hybridized carbons (Fsp3) is 0.318. The number of amides is 1. The SMILES string of the molecule is [C-]#[N+]c1ccc(C(=O)Cc2cccc(CN=C(NC(=O)OC(C)(C)C)OC)c2)nc1. The third-order valence-electron chi connectivity index (χ3n) is 3.73. The molecule has 0 saturated heterocycles. The Morgan fingerprint density at radius 1 is 1.20 bits per heavy atom. The van der Waals surface area contributed by atoms with Crippen LogP contribution in [-0.4, -0.2) is 35.6 Å². The summed E-state index contributed by atoms with van der Waals surface area (Å²) in [6.07, 6.45) is 0.907.